The summed E-state index contributed by atoms with van der Waals surface area (Å²) in [7, 11) is 0. The van der Waals surface area contributed by atoms with E-state index in [9.17, 15) is 23.1 Å². The number of nitrogens with zero attached hydrogens (tertiary/aromatic N) is 3. The van der Waals surface area contributed by atoms with Crippen molar-refractivity contribution >= 4 is 5.91 Å². The van der Waals surface area contributed by atoms with Gasteiger partial charge in [0.05, 0.1) is 5.41 Å². The summed E-state index contributed by atoms with van der Waals surface area (Å²) >= 11 is 0. The number of hydrogen-bond acceptors (Lipinski definition) is 5. The molecule has 0 radical (unpaired) electrons. The molecule has 162 valence electrons. The van der Waals surface area contributed by atoms with Crippen molar-refractivity contribution < 1.29 is 27.5 Å². The number of halogens is 3. The smallest absolute Gasteiger partial charge is 0.420 e. The van der Waals surface area contributed by atoms with Crippen LogP contribution in [0, 0.1) is 18.8 Å². The first-order chi connectivity index (χ1) is 14.1. The summed E-state index contributed by atoms with van der Waals surface area (Å²) in [5, 5.41) is 17.8. The van der Waals surface area contributed by atoms with Gasteiger partial charge in [0.2, 0.25) is 17.9 Å². The van der Waals surface area contributed by atoms with Crippen molar-refractivity contribution in [1.82, 2.24) is 15.1 Å². The molecule has 1 aromatic heterocycles. The summed E-state index contributed by atoms with van der Waals surface area (Å²) in [5.41, 5.74) is 1.68. The molecule has 1 aliphatic carbocycles. The monoisotopic (exact) mass is 423 g/mol. The van der Waals surface area contributed by atoms with Crippen molar-refractivity contribution in [3.8, 4) is 11.5 Å². The van der Waals surface area contributed by atoms with E-state index in [1.807, 2.05) is 38.1 Å². The van der Waals surface area contributed by atoms with E-state index in [1.165, 1.54) is 0 Å². The molecule has 1 aromatic carbocycles. The Labute approximate surface area is 172 Å². The third-order valence-corrected chi connectivity index (χ3v) is 6.41. The van der Waals surface area contributed by atoms with Gasteiger partial charge in [0, 0.05) is 18.7 Å². The average molecular weight is 423 g/mol. The molecular formula is C21H24F3N3O3. The van der Waals surface area contributed by atoms with Crippen LogP contribution in [0.4, 0.5) is 13.2 Å². The minimum atomic E-state index is -4.95. The molecule has 0 spiro atoms. The fourth-order valence-corrected chi connectivity index (χ4v) is 4.59. The molecule has 9 heteroatoms. The van der Waals surface area contributed by atoms with Crippen molar-refractivity contribution in [2.45, 2.75) is 50.8 Å². The molecule has 2 aliphatic rings. The number of benzene rings is 1. The fraction of sp³-hybridized carbons (Fsp3) is 0.571. The molecule has 2 fully saturated rings. The number of alkyl halides is 3. The highest BCUT2D eigenvalue weighted by Crippen LogP contribution is 2.57. The largest absolute Gasteiger partial charge is 0.423 e. The van der Waals surface area contributed by atoms with Crippen LogP contribution in [-0.4, -0.2) is 51.5 Å². The van der Waals surface area contributed by atoms with Gasteiger partial charge in [-0.15, -0.1) is 10.2 Å². The minimum Gasteiger partial charge on any atom is -0.420 e. The van der Waals surface area contributed by atoms with Gasteiger partial charge in [0.25, 0.3) is 5.91 Å². The molecule has 4 rings (SSSR count). The lowest BCUT2D eigenvalue weighted by Crippen LogP contribution is -2.52. The second kappa shape index (κ2) is 7.37. The molecule has 2 aromatic rings. The topological polar surface area (TPSA) is 79.5 Å². The van der Waals surface area contributed by atoms with Crippen LogP contribution in [0.25, 0.3) is 11.5 Å². The van der Waals surface area contributed by atoms with Gasteiger partial charge in [-0.05, 0) is 50.2 Å². The van der Waals surface area contributed by atoms with E-state index in [0.717, 1.165) is 28.9 Å². The first-order valence-corrected chi connectivity index (χ1v) is 10.1. The maximum atomic E-state index is 12.7. The summed E-state index contributed by atoms with van der Waals surface area (Å²) in [4.78, 5) is 13.1. The third-order valence-electron chi connectivity index (χ3n) is 6.41. The Morgan fingerprint density at radius 1 is 1.27 bits per heavy atom. The zero-order valence-corrected chi connectivity index (χ0v) is 16.8. The van der Waals surface area contributed by atoms with Crippen LogP contribution >= 0.6 is 0 Å². The highest BCUT2D eigenvalue weighted by molar-refractivity contribution is 5.81. The normalized spacial score (nSPS) is 24.5. The summed E-state index contributed by atoms with van der Waals surface area (Å²) in [6.45, 7) is 4.24. The van der Waals surface area contributed by atoms with Crippen LogP contribution < -0.4 is 0 Å². The first-order valence-electron chi connectivity index (χ1n) is 10.1. The molecule has 6 nitrogen and oxygen atoms in total. The molecule has 0 unspecified atom stereocenters. The summed E-state index contributed by atoms with van der Waals surface area (Å²) in [6, 6.07) is 7.78. The summed E-state index contributed by atoms with van der Waals surface area (Å²) in [6.07, 6.45) is -5.65. The maximum Gasteiger partial charge on any atom is 0.423 e. The molecule has 0 bridgehead atoms. The first kappa shape index (κ1) is 20.8. The van der Waals surface area contributed by atoms with Crippen LogP contribution in [0.15, 0.2) is 28.7 Å². The highest BCUT2D eigenvalue weighted by Gasteiger charge is 2.57. The fourth-order valence-electron chi connectivity index (χ4n) is 4.59. The van der Waals surface area contributed by atoms with Crippen LogP contribution in [0.2, 0.25) is 0 Å². The molecule has 1 aliphatic heterocycles. The Hall–Kier alpha value is -2.42. The van der Waals surface area contributed by atoms with E-state index < -0.39 is 18.2 Å². The molecular weight excluding hydrogens is 399 g/mol. The summed E-state index contributed by atoms with van der Waals surface area (Å²) < 4.78 is 44.1. The highest BCUT2D eigenvalue weighted by atomic mass is 19.4. The number of likely N-dealkylation sites (tertiary alicyclic amines) is 1. The molecule has 3 atom stereocenters. The minimum absolute atomic E-state index is 0.0552. The van der Waals surface area contributed by atoms with Gasteiger partial charge in [0.1, 0.15) is 0 Å². The zero-order chi connectivity index (χ0) is 21.7. The Morgan fingerprint density at radius 2 is 1.93 bits per heavy atom. The number of hydrogen-bond donors (Lipinski definition) is 1. The lowest BCUT2D eigenvalue weighted by Gasteiger charge is -2.40. The SMILES string of the molecule is Cc1ccc(-c2nnc(C3([C@H]4CCN(C(=O)[C@@H](O)C(F)(F)F)C[C@H]4C)CC3)o2)cc1. The van der Waals surface area contributed by atoms with Crippen LogP contribution in [0.5, 0.6) is 0 Å². The third kappa shape index (κ3) is 3.71. The number of piperidine rings is 1. The number of aryl methyl sites for hydroxylation is 1. The number of aromatic nitrogens is 2. The summed E-state index contributed by atoms with van der Waals surface area (Å²) in [5.74, 6) is -0.205. The maximum absolute atomic E-state index is 12.7. The van der Waals surface area contributed by atoms with Crippen molar-refractivity contribution in [3.63, 3.8) is 0 Å². The van der Waals surface area contributed by atoms with E-state index >= 15 is 0 Å². The lowest BCUT2D eigenvalue weighted by atomic mass is 9.75. The molecule has 1 saturated heterocycles. The number of aliphatic hydroxyl groups excluding tert-OH is 1. The molecule has 1 saturated carbocycles. The van der Waals surface area contributed by atoms with Gasteiger partial charge in [0.15, 0.2) is 0 Å². The standard InChI is InChI=1S/C21H24F3N3O3/c1-12-3-5-14(6-4-12)17-25-26-19(30-17)20(8-9-20)15-7-10-27(11-13(15)2)18(29)16(28)21(22,23)24/h3-6,13,15-16,28H,7-11H2,1-2H3/t13-,15+,16-/m1/s1. The number of carbonyl (C=O) groups excluding carboxylic acids is 1. The zero-order valence-electron chi connectivity index (χ0n) is 16.8. The van der Waals surface area contributed by atoms with Crippen molar-refractivity contribution in [2.24, 2.45) is 11.8 Å². The van der Waals surface area contributed by atoms with Gasteiger partial charge in [-0.25, -0.2) is 0 Å². The molecule has 2 heterocycles. The van der Waals surface area contributed by atoms with Gasteiger partial charge < -0.3 is 14.4 Å². The van der Waals surface area contributed by atoms with Crippen molar-refractivity contribution in [2.75, 3.05) is 13.1 Å². The molecule has 1 N–H and O–H groups in total. The van der Waals surface area contributed by atoms with E-state index in [1.54, 1.807) is 0 Å². The Balaban J connectivity index is 1.48. The molecule has 30 heavy (non-hydrogen) atoms. The molecule has 1 amide bonds. The number of amides is 1. The predicted octanol–water partition coefficient (Wildman–Crippen LogP) is 3.48. The van der Waals surface area contributed by atoms with Crippen molar-refractivity contribution in [3.05, 3.63) is 35.7 Å². The van der Waals surface area contributed by atoms with E-state index in [2.05, 4.69) is 10.2 Å². The van der Waals surface area contributed by atoms with Gasteiger partial charge in [-0.3, -0.25) is 4.79 Å². The second-order valence-corrected chi connectivity index (χ2v) is 8.54. The van der Waals surface area contributed by atoms with E-state index in [-0.39, 0.29) is 30.3 Å². The Morgan fingerprint density at radius 3 is 2.50 bits per heavy atom. The quantitative estimate of drug-likeness (QED) is 0.815. The Bertz CT molecular complexity index is 922. The number of aliphatic hydroxyl groups is 1. The lowest BCUT2D eigenvalue weighted by molar-refractivity contribution is -0.211. The second-order valence-electron chi connectivity index (χ2n) is 8.54. The van der Waals surface area contributed by atoms with E-state index in [4.69, 9.17) is 4.42 Å². The number of rotatable bonds is 4. The number of carbonyl (C=O) groups is 1. The van der Waals surface area contributed by atoms with Crippen LogP contribution in [-0.2, 0) is 10.2 Å². The van der Waals surface area contributed by atoms with Gasteiger partial charge >= 0.3 is 6.18 Å². The van der Waals surface area contributed by atoms with Crippen molar-refractivity contribution in [1.29, 1.82) is 0 Å². The van der Waals surface area contributed by atoms with Crippen LogP contribution in [0.3, 0.4) is 0 Å². The van der Waals surface area contributed by atoms with E-state index in [0.29, 0.717) is 18.2 Å². The predicted molar refractivity (Wildman–Crippen MR) is 101 cm³/mol. The average Bonchev–Trinajstić information content (AvgIpc) is 3.35. The van der Waals surface area contributed by atoms with Gasteiger partial charge in [-0.2, -0.15) is 13.2 Å². The Kier molecular flexibility index (Phi) is 5.12. The van der Waals surface area contributed by atoms with Crippen LogP contribution in [0.1, 0.15) is 37.6 Å². The van der Waals surface area contributed by atoms with Gasteiger partial charge in [-0.1, -0.05) is 24.6 Å².